The summed E-state index contributed by atoms with van der Waals surface area (Å²) in [5, 5.41) is 0. The SMILES string of the molecule is CN(C(=O)c1cncc(Cc2cccc(F)c2)c1)[C@H]1CCS(=O)(=O)C1. The van der Waals surface area contributed by atoms with Crippen molar-refractivity contribution in [2.24, 2.45) is 0 Å². The van der Waals surface area contributed by atoms with Crippen LogP contribution < -0.4 is 0 Å². The number of hydrogen-bond donors (Lipinski definition) is 0. The van der Waals surface area contributed by atoms with Crippen LogP contribution in [0.2, 0.25) is 0 Å². The van der Waals surface area contributed by atoms with E-state index < -0.39 is 9.84 Å². The minimum Gasteiger partial charge on any atom is -0.338 e. The largest absolute Gasteiger partial charge is 0.338 e. The van der Waals surface area contributed by atoms with Crippen LogP contribution in [-0.4, -0.2) is 48.8 Å². The van der Waals surface area contributed by atoms with Gasteiger partial charge >= 0.3 is 0 Å². The standard InChI is InChI=1S/C18H19FN2O3S/c1-21(17-5-6-25(23,24)12-17)18(22)15-8-14(10-20-11-15)7-13-3-2-4-16(19)9-13/h2-4,8-11,17H,5-7,12H2,1H3/t17-/m0/s1. The summed E-state index contributed by atoms with van der Waals surface area (Å²) in [5.74, 6) is -0.436. The highest BCUT2D eigenvalue weighted by Crippen LogP contribution is 2.19. The van der Waals surface area contributed by atoms with Crippen molar-refractivity contribution in [3.05, 3.63) is 65.2 Å². The molecule has 0 spiro atoms. The fraction of sp³-hybridized carbons (Fsp3) is 0.333. The molecule has 1 amide bonds. The molecule has 0 bridgehead atoms. The molecule has 1 aromatic heterocycles. The lowest BCUT2D eigenvalue weighted by Gasteiger charge is -2.23. The van der Waals surface area contributed by atoms with Gasteiger partial charge in [-0.2, -0.15) is 0 Å². The number of benzene rings is 1. The van der Waals surface area contributed by atoms with Crippen molar-refractivity contribution in [1.82, 2.24) is 9.88 Å². The highest BCUT2D eigenvalue weighted by atomic mass is 32.2. The monoisotopic (exact) mass is 362 g/mol. The second kappa shape index (κ2) is 6.92. The molecule has 1 aliphatic heterocycles. The summed E-state index contributed by atoms with van der Waals surface area (Å²) in [6, 6.07) is 7.70. The highest BCUT2D eigenvalue weighted by molar-refractivity contribution is 7.91. The second-order valence-corrected chi connectivity index (χ2v) is 8.59. The van der Waals surface area contributed by atoms with Crippen molar-refractivity contribution < 1.29 is 17.6 Å². The van der Waals surface area contributed by atoms with Crippen LogP contribution in [0.5, 0.6) is 0 Å². The van der Waals surface area contributed by atoms with Gasteiger partial charge in [-0.15, -0.1) is 0 Å². The maximum atomic E-state index is 13.3. The quantitative estimate of drug-likeness (QED) is 0.835. The van der Waals surface area contributed by atoms with E-state index in [9.17, 15) is 17.6 Å². The maximum absolute atomic E-state index is 13.3. The van der Waals surface area contributed by atoms with Crippen LogP contribution in [0.3, 0.4) is 0 Å². The number of carbonyl (C=O) groups excluding carboxylic acids is 1. The molecule has 0 N–H and O–H groups in total. The summed E-state index contributed by atoms with van der Waals surface area (Å²) >= 11 is 0. The molecule has 1 fully saturated rings. The van der Waals surface area contributed by atoms with Crippen molar-refractivity contribution in [2.75, 3.05) is 18.6 Å². The van der Waals surface area contributed by atoms with E-state index in [0.29, 0.717) is 18.4 Å². The number of aromatic nitrogens is 1. The first kappa shape index (κ1) is 17.5. The van der Waals surface area contributed by atoms with Gasteiger partial charge in [0.15, 0.2) is 9.84 Å². The maximum Gasteiger partial charge on any atom is 0.255 e. The molecule has 1 aliphatic rings. The van der Waals surface area contributed by atoms with Crippen molar-refractivity contribution in [3.8, 4) is 0 Å². The van der Waals surface area contributed by atoms with Crippen LogP contribution >= 0.6 is 0 Å². The highest BCUT2D eigenvalue weighted by Gasteiger charge is 2.33. The Bertz CT molecular complexity index is 899. The first-order chi connectivity index (χ1) is 11.8. The van der Waals surface area contributed by atoms with Crippen molar-refractivity contribution in [1.29, 1.82) is 0 Å². The van der Waals surface area contributed by atoms with E-state index in [1.807, 2.05) is 6.07 Å². The molecular formula is C18H19FN2O3S. The Kier molecular flexibility index (Phi) is 4.85. The average Bonchev–Trinajstić information content (AvgIpc) is 2.94. The number of halogens is 1. The predicted molar refractivity (Wildman–Crippen MR) is 92.6 cm³/mol. The molecule has 132 valence electrons. The van der Waals surface area contributed by atoms with Gasteiger partial charge in [-0.3, -0.25) is 9.78 Å². The van der Waals surface area contributed by atoms with E-state index in [1.165, 1.54) is 23.2 Å². The Labute approximate surface area is 146 Å². The molecule has 0 unspecified atom stereocenters. The Morgan fingerprint density at radius 3 is 2.76 bits per heavy atom. The average molecular weight is 362 g/mol. The topological polar surface area (TPSA) is 67.3 Å². The molecule has 1 saturated heterocycles. The van der Waals surface area contributed by atoms with Crippen LogP contribution in [0.4, 0.5) is 4.39 Å². The molecule has 25 heavy (non-hydrogen) atoms. The summed E-state index contributed by atoms with van der Waals surface area (Å²) in [5.41, 5.74) is 1.99. The number of rotatable bonds is 4. The smallest absolute Gasteiger partial charge is 0.255 e. The summed E-state index contributed by atoms with van der Waals surface area (Å²) in [6.07, 6.45) is 4.04. The Balaban J connectivity index is 1.75. The molecule has 1 atom stereocenters. The van der Waals surface area contributed by atoms with Crippen LogP contribution in [-0.2, 0) is 16.3 Å². The number of carbonyl (C=O) groups is 1. The van der Waals surface area contributed by atoms with Gasteiger partial charge in [0.2, 0.25) is 0 Å². The lowest BCUT2D eigenvalue weighted by Crippen LogP contribution is -2.37. The van der Waals surface area contributed by atoms with Crippen molar-refractivity contribution in [2.45, 2.75) is 18.9 Å². The Hall–Kier alpha value is -2.28. The van der Waals surface area contributed by atoms with Gasteiger partial charge in [-0.1, -0.05) is 12.1 Å². The van der Waals surface area contributed by atoms with Crippen LogP contribution in [0.1, 0.15) is 27.9 Å². The molecule has 3 rings (SSSR count). The number of pyridine rings is 1. The number of nitrogens with zero attached hydrogens (tertiary/aromatic N) is 2. The van der Waals surface area contributed by atoms with Gasteiger partial charge in [-0.05, 0) is 42.2 Å². The summed E-state index contributed by atoms with van der Waals surface area (Å²) < 4.78 is 36.5. The zero-order chi connectivity index (χ0) is 18.0. The Morgan fingerprint density at radius 2 is 2.08 bits per heavy atom. The second-order valence-electron chi connectivity index (χ2n) is 6.36. The Morgan fingerprint density at radius 1 is 1.28 bits per heavy atom. The van der Waals surface area contributed by atoms with Gasteiger partial charge in [0.05, 0.1) is 17.1 Å². The minimum atomic E-state index is -3.05. The van der Waals surface area contributed by atoms with Crippen molar-refractivity contribution >= 4 is 15.7 Å². The molecule has 0 radical (unpaired) electrons. The van der Waals surface area contributed by atoms with Gasteiger partial charge < -0.3 is 4.90 Å². The van der Waals surface area contributed by atoms with E-state index >= 15 is 0 Å². The van der Waals surface area contributed by atoms with E-state index in [2.05, 4.69) is 4.98 Å². The molecule has 1 aromatic carbocycles. The molecule has 2 aromatic rings. The van der Waals surface area contributed by atoms with E-state index in [-0.39, 0.29) is 29.3 Å². The van der Waals surface area contributed by atoms with Crippen LogP contribution in [0.25, 0.3) is 0 Å². The van der Waals surface area contributed by atoms with Crippen LogP contribution in [0.15, 0.2) is 42.7 Å². The first-order valence-electron chi connectivity index (χ1n) is 8.00. The fourth-order valence-corrected chi connectivity index (χ4v) is 4.81. The van der Waals surface area contributed by atoms with E-state index in [0.717, 1.165) is 11.1 Å². The van der Waals surface area contributed by atoms with E-state index in [1.54, 1.807) is 25.4 Å². The zero-order valence-electron chi connectivity index (χ0n) is 13.9. The van der Waals surface area contributed by atoms with Crippen molar-refractivity contribution in [3.63, 3.8) is 0 Å². The normalized spacial score (nSPS) is 18.9. The summed E-state index contributed by atoms with van der Waals surface area (Å²) in [4.78, 5) is 18.2. The fourth-order valence-electron chi connectivity index (χ4n) is 3.03. The zero-order valence-corrected chi connectivity index (χ0v) is 14.7. The van der Waals surface area contributed by atoms with Gasteiger partial charge in [0, 0.05) is 25.5 Å². The van der Waals surface area contributed by atoms with E-state index in [4.69, 9.17) is 0 Å². The predicted octanol–water partition coefficient (Wildman–Crippen LogP) is 2.07. The first-order valence-corrected chi connectivity index (χ1v) is 9.82. The molecular weight excluding hydrogens is 343 g/mol. The van der Waals surface area contributed by atoms with Gasteiger partial charge in [0.1, 0.15) is 5.82 Å². The van der Waals surface area contributed by atoms with Gasteiger partial charge in [0.25, 0.3) is 5.91 Å². The van der Waals surface area contributed by atoms with Gasteiger partial charge in [-0.25, -0.2) is 12.8 Å². The molecule has 7 heteroatoms. The third-order valence-corrected chi connectivity index (χ3v) is 6.17. The molecule has 0 saturated carbocycles. The number of hydrogen-bond acceptors (Lipinski definition) is 4. The lowest BCUT2D eigenvalue weighted by atomic mass is 10.0. The summed E-state index contributed by atoms with van der Waals surface area (Å²) in [7, 11) is -1.44. The minimum absolute atomic E-state index is 0.00561. The number of amides is 1. The lowest BCUT2D eigenvalue weighted by molar-refractivity contribution is 0.0747. The number of sulfone groups is 1. The molecule has 2 heterocycles. The third-order valence-electron chi connectivity index (χ3n) is 4.42. The van der Waals surface area contributed by atoms with Crippen LogP contribution in [0, 0.1) is 5.82 Å². The molecule has 5 nitrogen and oxygen atoms in total. The third kappa shape index (κ3) is 4.22. The molecule has 0 aliphatic carbocycles. The summed E-state index contributed by atoms with van der Waals surface area (Å²) in [6.45, 7) is 0.